The molecule has 16 nitrogen and oxygen atoms in total. The van der Waals surface area contributed by atoms with Gasteiger partial charge in [-0.2, -0.15) is 0 Å². The molecule has 5 heterocycles. The first kappa shape index (κ1) is 29.3. The number of hydrogen-bond acceptors (Lipinski definition) is 10. The monoisotopic (exact) mass is 615 g/mol. The predicted octanol–water partition coefficient (Wildman–Crippen LogP) is -2.08. The second-order valence-electron chi connectivity index (χ2n) is 12.3. The van der Waals surface area contributed by atoms with Crippen molar-refractivity contribution in [2.75, 3.05) is 19.6 Å². The maximum Gasteiger partial charge on any atom is 0.353 e. The standard InChI is InChI=1S/C26H37N11O5S/c1-11-20-19(12(2)31-18(38)9-36-10-30-33-34-36)24(40)37(20)21(25(41)42)22(11)43-16-5-17(29-6-16)23(39)35-7-13-3-15(32-26(27)28)4-14(13)8-35/h10-17,19-20,29H,3-9H2,1-2H3,(H,31,38)(H,41,42)(H4,27,28,32)/t11-,12-,13?,14?,15?,16?,17?,19-,20-/m1/s1. The minimum atomic E-state index is -1.15. The topological polar surface area (TPSA) is 227 Å². The maximum atomic E-state index is 13.4. The van der Waals surface area contributed by atoms with Crippen LogP contribution in [-0.2, 0) is 25.7 Å². The summed E-state index contributed by atoms with van der Waals surface area (Å²) < 4.78 is 1.28. The molecule has 1 saturated carbocycles. The summed E-state index contributed by atoms with van der Waals surface area (Å²) in [5.41, 5.74) is 11.1. The second kappa shape index (κ2) is 11.4. The van der Waals surface area contributed by atoms with E-state index in [1.165, 1.54) is 27.7 Å². The average molecular weight is 616 g/mol. The summed E-state index contributed by atoms with van der Waals surface area (Å²) in [6.45, 7) is 5.55. The van der Waals surface area contributed by atoms with Crippen LogP contribution in [0.5, 0.6) is 0 Å². The van der Waals surface area contributed by atoms with E-state index in [1.807, 2.05) is 11.8 Å². The largest absolute Gasteiger partial charge is 0.477 e. The van der Waals surface area contributed by atoms with Gasteiger partial charge in [0.2, 0.25) is 17.7 Å². The number of aliphatic carboxylic acids is 1. The lowest BCUT2D eigenvalue weighted by atomic mass is 9.78. The molecular formula is C26H37N11O5S. The molecule has 17 heteroatoms. The number of amides is 3. The Morgan fingerprint density at radius 3 is 2.58 bits per heavy atom. The van der Waals surface area contributed by atoms with Gasteiger partial charge in [-0.25, -0.2) is 9.48 Å². The first-order valence-corrected chi connectivity index (χ1v) is 15.5. The average Bonchev–Trinajstić information content (AvgIpc) is 3.74. The van der Waals surface area contributed by atoms with Gasteiger partial charge in [0.05, 0.1) is 24.0 Å². The highest BCUT2D eigenvalue weighted by atomic mass is 32.2. The Labute approximate surface area is 252 Å². The quantitative estimate of drug-likeness (QED) is 0.115. The molecule has 5 aliphatic rings. The number of fused-ring (bicyclic) bond motifs is 2. The number of nitrogens with zero attached hydrogens (tertiary/aromatic N) is 7. The summed E-state index contributed by atoms with van der Waals surface area (Å²) in [7, 11) is 0. The van der Waals surface area contributed by atoms with E-state index in [4.69, 9.17) is 11.5 Å². The van der Waals surface area contributed by atoms with Crippen LogP contribution in [0.1, 0.15) is 33.1 Å². The van der Waals surface area contributed by atoms with Gasteiger partial charge in [-0.05, 0) is 48.4 Å². The molecule has 0 spiro atoms. The second-order valence-corrected chi connectivity index (χ2v) is 13.6. The fourth-order valence-corrected chi connectivity index (χ4v) is 9.11. The van der Waals surface area contributed by atoms with Crippen LogP contribution in [-0.4, -0.2) is 114 Å². The van der Waals surface area contributed by atoms with Gasteiger partial charge < -0.3 is 37.0 Å². The van der Waals surface area contributed by atoms with Crippen LogP contribution in [0.15, 0.2) is 21.9 Å². The van der Waals surface area contributed by atoms with Gasteiger partial charge in [-0.15, -0.1) is 16.9 Å². The Morgan fingerprint density at radius 2 is 1.95 bits per heavy atom. The van der Waals surface area contributed by atoms with Crippen molar-refractivity contribution in [3.63, 3.8) is 0 Å². The number of carbonyl (C=O) groups is 4. The number of β-lactam (4-membered cyclic amide) rings is 1. The minimum Gasteiger partial charge on any atom is -0.477 e. The zero-order valence-electron chi connectivity index (χ0n) is 24.0. The zero-order valence-corrected chi connectivity index (χ0v) is 24.8. The third kappa shape index (κ3) is 5.43. The van der Waals surface area contributed by atoms with Crippen molar-refractivity contribution in [2.45, 2.75) is 69.1 Å². The minimum absolute atomic E-state index is 0.00782. The number of guanidine groups is 1. The van der Waals surface area contributed by atoms with E-state index in [-0.39, 0.29) is 65.2 Å². The Kier molecular flexibility index (Phi) is 7.78. The number of rotatable bonds is 9. The van der Waals surface area contributed by atoms with Crippen molar-refractivity contribution in [1.29, 1.82) is 0 Å². The van der Waals surface area contributed by atoms with Crippen LogP contribution in [0.3, 0.4) is 0 Å². The van der Waals surface area contributed by atoms with E-state index in [1.54, 1.807) is 6.92 Å². The number of thioether (sulfide) groups is 1. The van der Waals surface area contributed by atoms with Gasteiger partial charge >= 0.3 is 5.97 Å². The summed E-state index contributed by atoms with van der Waals surface area (Å²) >= 11 is 1.45. The summed E-state index contributed by atoms with van der Waals surface area (Å²) in [4.78, 5) is 59.7. The van der Waals surface area contributed by atoms with E-state index in [0.717, 1.165) is 12.8 Å². The molecule has 7 N–H and O–H groups in total. The molecule has 0 bridgehead atoms. The van der Waals surface area contributed by atoms with E-state index in [9.17, 15) is 24.3 Å². The normalized spacial score (nSPS) is 33.7. The highest BCUT2D eigenvalue weighted by Gasteiger charge is 2.60. The van der Waals surface area contributed by atoms with Crippen molar-refractivity contribution in [3.8, 4) is 0 Å². The molecule has 1 aliphatic carbocycles. The molecule has 0 radical (unpaired) electrons. The Morgan fingerprint density at radius 1 is 1.23 bits per heavy atom. The molecule has 0 aromatic carbocycles. The number of carboxylic acid groups (broad SMARTS) is 1. The highest BCUT2D eigenvalue weighted by Crippen LogP contribution is 2.52. The molecule has 232 valence electrons. The fourth-order valence-electron chi connectivity index (χ4n) is 7.63. The molecule has 3 amide bonds. The summed E-state index contributed by atoms with van der Waals surface area (Å²) in [6.07, 6.45) is 3.65. The number of carbonyl (C=O) groups excluding carboxylic acids is 3. The molecule has 4 fully saturated rings. The zero-order chi connectivity index (χ0) is 30.6. The fraction of sp³-hybridized carbons (Fsp3) is 0.692. The van der Waals surface area contributed by atoms with Gasteiger partial charge in [-0.3, -0.25) is 19.4 Å². The summed E-state index contributed by atoms with van der Waals surface area (Å²) in [6, 6.07) is -1.09. The number of carboxylic acids is 1. The van der Waals surface area contributed by atoms with Gasteiger partial charge in [0.1, 0.15) is 18.6 Å². The van der Waals surface area contributed by atoms with Crippen LogP contribution < -0.4 is 22.1 Å². The van der Waals surface area contributed by atoms with Crippen molar-refractivity contribution >= 4 is 41.4 Å². The molecule has 43 heavy (non-hydrogen) atoms. The molecule has 4 unspecified atom stereocenters. The smallest absolute Gasteiger partial charge is 0.353 e. The van der Waals surface area contributed by atoms with Crippen LogP contribution in [0, 0.1) is 23.7 Å². The lowest BCUT2D eigenvalue weighted by Crippen LogP contribution is -2.66. The third-order valence-electron chi connectivity index (χ3n) is 9.47. The van der Waals surface area contributed by atoms with Crippen molar-refractivity contribution in [2.24, 2.45) is 40.1 Å². The van der Waals surface area contributed by atoms with Crippen LogP contribution in [0.4, 0.5) is 0 Å². The number of hydrogen-bond donors (Lipinski definition) is 5. The summed E-state index contributed by atoms with van der Waals surface area (Å²) in [5, 5.41) is 27.0. The maximum absolute atomic E-state index is 13.4. The number of nitrogens with one attached hydrogen (secondary N) is 2. The SMILES string of the molecule is C[C@@H](NC(=O)Cn1cnnn1)[C@H]1C(=O)N2C(C(=O)O)=C(SC3CNC(C(=O)N4CC5CC(N=C(N)N)CC5C4)C3)[C@H](C)[C@H]12. The number of nitrogens with two attached hydrogens (primary N) is 2. The van der Waals surface area contributed by atoms with E-state index >= 15 is 0 Å². The van der Waals surface area contributed by atoms with Crippen LogP contribution in [0.25, 0.3) is 0 Å². The molecule has 6 rings (SSSR count). The molecular weight excluding hydrogens is 578 g/mol. The highest BCUT2D eigenvalue weighted by molar-refractivity contribution is 8.03. The first-order chi connectivity index (χ1) is 20.5. The van der Waals surface area contributed by atoms with E-state index in [0.29, 0.717) is 42.8 Å². The van der Waals surface area contributed by atoms with Crippen molar-refractivity contribution < 1.29 is 24.3 Å². The number of likely N-dealkylation sites (tertiary alicyclic amines) is 1. The van der Waals surface area contributed by atoms with Gasteiger partial charge in [-0.1, -0.05) is 6.92 Å². The predicted molar refractivity (Wildman–Crippen MR) is 154 cm³/mol. The molecule has 3 saturated heterocycles. The summed E-state index contributed by atoms with van der Waals surface area (Å²) in [5.74, 6) is -1.63. The third-order valence-corrected chi connectivity index (χ3v) is 11.0. The van der Waals surface area contributed by atoms with Crippen LogP contribution in [0.2, 0.25) is 0 Å². The van der Waals surface area contributed by atoms with E-state index < -0.39 is 17.9 Å². The van der Waals surface area contributed by atoms with Crippen LogP contribution >= 0.6 is 11.8 Å². The number of aliphatic imine (C=N–C) groups is 1. The Balaban J connectivity index is 1.05. The molecule has 8 atom stereocenters. The Hall–Kier alpha value is -3.73. The first-order valence-electron chi connectivity index (χ1n) is 14.6. The number of aromatic nitrogens is 4. The Bertz CT molecular complexity index is 1350. The van der Waals surface area contributed by atoms with Crippen molar-refractivity contribution in [1.82, 2.24) is 40.6 Å². The lowest BCUT2D eigenvalue weighted by molar-refractivity contribution is -0.158. The molecule has 1 aromatic rings. The van der Waals surface area contributed by atoms with Crippen molar-refractivity contribution in [3.05, 3.63) is 16.9 Å². The van der Waals surface area contributed by atoms with Gasteiger partial charge in [0.25, 0.3) is 0 Å². The number of tetrazole rings is 1. The van der Waals surface area contributed by atoms with Gasteiger partial charge in [0.15, 0.2) is 5.96 Å². The lowest BCUT2D eigenvalue weighted by Gasteiger charge is -2.47. The molecule has 4 aliphatic heterocycles. The molecule has 1 aromatic heterocycles. The van der Waals surface area contributed by atoms with Gasteiger partial charge in [0, 0.05) is 41.7 Å². The van der Waals surface area contributed by atoms with E-state index in [2.05, 4.69) is 31.2 Å².